The molecular formula is C17H27ClN2O3. The van der Waals surface area contributed by atoms with Gasteiger partial charge >= 0.3 is 0 Å². The zero-order valence-electron chi connectivity index (χ0n) is 14.3. The second-order valence-electron chi connectivity index (χ2n) is 6.52. The molecule has 1 aromatic carbocycles. The van der Waals surface area contributed by atoms with E-state index >= 15 is 0 Å². The summed E-state index contributed by atoms with van der Waals surface area (Å²) >= 11 is 5.96. The third-order valence-corrected chi connectivity index (χ3v) is 3.68. The Morgan fingerprint density at radius 3 is 2.74 bits per heavy atom. The van der Waals surface area contributed by atoms with Gasteiger partial charge in [0.05, 0.1) is 18.9 Å². The molecule has 0 saturated heterocycles. The minimum atomic E-state index is -0.376. The van der Waals surface area contributed by atoms with E-state index in [0.29, 0.717) is 36.7 Å². The molecule has 0 aliphatic heterocycles. The molecule has 0 aliphatic rings. The fourth-order valence-electron chi connectivity index (χ4n) is 2.43. The number of halogens is 1. The summed E-state index contributed by atoms with van der Waals surface area (Å²) in [6, 6.07) is 5.30. The Bertz CT molecular complexity index is 519. The molecule has 1 rings (SSSR count). The van der Waals surface area contributed by atoms with Crippen LogP contribution in [0.25, 0.3) is 0 Å². The molecule has 130 valence electrons. The van der Waals surface area contributed by atoms with Gasteiger partial charge in [-0.05, 0) is 37.0 Å². The summed E-state index contributed by atoms with van der Waals surface area (Å²) in [6.45, 7) is 6.83. The van der Waals surface area contributed by atoms with Crippen LogP contribution >= 0.6 is 11.6 Å². The third-order valence-electron chi connectivity index (χ3n) is 3.44. The van der Waals surface area contributed by atoms with Crippen LogP contribution in [0.15, 0.2) is 18.2 Å². The summed E-state index contributed by atoms with van der Waals surface area (Å²) in [7, 11) is 1.59. The number of hydrogen-bond donors (Lipinski definition) is 3. The highest BCUT2D eigenvalue weighted by atomic mass is 35.5. The average molecular weight is 343 g/mol. The van der Waals surface area contributed by atoms with Gasteiger partial charge in [0, 0.05) is 24.5 Å². The minimum Gasteiger partial charge on any atom is -0.495 e. The van der Waals surface area contributed by atoms with E-state index in [4.69, 9.17) is 16.3 Å². The maximum atomic E-state index is 11.9. The van der Waals surface area contributed by atoms with Gasteiger partial charge in [0.1, 0.15) is 5.75 Å². The molecule has 0 aliphatic carbocycles. The number of aliphatic hydroxyl groups is 1. The highest BCUT2D eigenvalue weighted by Gasteiger charge is 2.20. The Hall–Kier alpha value is -1.46. The molecular weight excluding hydrogens is 316 g/mol. The Morgan fingerprint density at radius 1 is 1.43 bits per heavy atom. The second-order valence-corrected chi connectivity index (χ2v) is 6.95. The molecule has 3 N–H and O–H groups in total. The van der Waals surface area contributed by atoms with Crippen LogP contribution in [0.5, 0.6) is 5.75 Å². The number of hydrogen-bond acceptors (Lipinski definition) is 4. The van der Waals surface area contributed by atoms with Crippen molar-refractivity contribution in [3.63, 3.8) is 0 Å². The molecule has 0 bridgehead atoms. The highest BCUT2D eigenvalue weighted by Crippen LogP contribution is 2.27. The van der Waals surface area contributed by atoms with Crippen molar-refractivity contribution >= 4 is 23.2 Å². The van der Waals surface area contributed by atoms with Gasteiger partial charge in [0.2, 0.25) is 5.91 Å². The normalized spacial score (nSPS) is 12.6. The number of amides is 1. The first-order chi connectivity index (χ1) is 10.7. The Kier molecular flexibility index (Phi) is 7.65. The van der Waals surface area contributed by atoms with Gasteiger partial charge in [-0.1, -0.05) is 25.4 Å². The SMILES string of the molecule is COc1ccc(Cl)cc1NCCC(=O)NCC(C)(C)CC(C)O. The number of methoxy groups -OCH3 is 1. The molecule has 0 spiro atoms. The maximum Gasteiger partial charge on any atom is 0.221 e. The molecule has 1 atom stereocenters. The fourth-order valence-corrected chi connectivity index (χ4v) is 2.60. The van der Waals surface area contributed by atoms with Gasteiger partial charge < -0.3 is 20.5 Å². The van der Waals surface area contributed by atoms with Crippen molar-refractivity contribution in [2.24, 2.45) is 5.41 Å². The lowest BCUT2D eigenvalue weighted by Gasteiger charge is -2.26. The minimum absolute atomic E-state index is 0.0304. The van der Waals surface area contributed by atoms with Crippen LogP contribution in [0.1, 0.15) is 33.6 Å². The lowest BCUT2D eigenvalue weighted by Crippen LogP contribution is -2.36. The van der Waals surface area contributed by atoms with Crippen molar-refractivity contribution in [3.8, 4) is 5.75 Å². The summed E-state index contributed by atoms with van der Waals surface area (Å²) in [5, 5.41) is 16.1. The van der Waals surface area contributed by atoms with E-state index in [-0.39, 0.29) is 17.4 Å². The van der Waals surface area contributed by atoms with Crippen molar-refractivity contribution in [1.82, 2.24) is 5.32 Å². The first-order valence-electron chi connectivity index (χ1n) is 7.76. The van der Waals surface area contributed by atoms with E-state index in [1.807, 2.05) is 13.8 Å². The van der Waals surface area contributed by atoms with Gasteiger partial charge in [-0.2, -0.15) is 0 Å². The molecule has 0 aromatic heterocycles. The van der Waals surface area contributed by atoms with Crippen molar-refractivity contribution in [1.29, 1.82) is 0 Å². The van der Waals surface area contributed by atoms with Crippen LogP contribution in [0, 0.1) is 5.41 Å². The molecule has 1 unspecified atom stereocenters. The van der Waals surface area contributed by atoms with Crippen molar-refractivity contribution in [3.05, 3.63) is 23.2 Å². The molecule has 0 fully saturated rings. The summed E-state index contributed by atoms with van der Waals surface area (Å²) in [5.74, 6) is 0.657. The molecule has 5 nitrogen and oxygen atoms in total. The molecule has 6 heteroatoms. The van der Waals surface area contributed by atoms with Gasteiger partial charge in [-0.15, -0.1) is 0 Å². The molecule has 0 radical (unpaired) electrons. The Morgan fingerprint density at radius 2 is 2.13 bits per heavy atom. The molecule has 1 aromatic rings. The number of ether oxygens (including phenoxy) is 1. The summed E-state index contributed by atoms with van der Waals surface area (Å²) in [6.07, 6.45) is 0.616. The number of anilines is 1. The Balaban J connectivity index is 2.38. The van der Waals surface area contributed by atoms with Gasteiger partial charge in [-0.25, -0.2) is 0 Å². The van der Waals surface area contributed by atoms with Crippen molar-refractivity contribution < 1.29 is 14.6 Å². The van der Waals surface area contributed by atoms with Crippen LogP contribution in [0.2, 0.25) is 5.02 Å². The zero-order chi connectivity index (χ0) is 17.5. The maximum absolute atomic E-state index is 11.9. The van der Waals surface area contributed by atoms with Crippen LogP contribution in [-0.4, -0.2) is 37.3 Å². The predicted molar refractivity (Wildman–Crippen MR) is 94.2 cm³/mol. The third kappa shape index (κ3) is 7.57. The summed E-state index contributed by atoms with van der Waals surface area (Å²) in [4.78, 5) is 11.9. The zero-order valence-corrected chi connectivity index (χ0v) is 15.0. The van der Waals surface area contributed by atoms with E-state index in [0.717, 1.165) is 5.69 Å². The molecule has 0 heterocycles. The van der Waals surface area contributed by atoms with E-state index in [9.17, 15) is 9.90 Å². The van der Waals surface area contributed by atoms with Gasteiger partial charge in [-0.3, -0.25) is 4.79 Å². The van der Waals surface area contributed by atoms with Crippen molar-refractivity contribution in [2.75, 3.05) is 25.5 Å². The number of carbonyl (C=O) groups is 1. The highest BCUT2D eigenvalue weighted by molar-refractivity contribution is 6.30. The molecule has 23 heavy (non-hydrogen) atoms. The van der Waals surface area contributed by atoms with E-state index < -0.39 is 0 Å². The van der Waals surface area contributed by atoms with Crippen LogP contribution < -0.4 is 15.4 Å². The van der Waals surface area contributed by atoms with Gasteiger partial charge in [0.15, 0.2) is 0 Å². The smallest absolute Gasteiger partial charge is 0.221 e. The standard InChI is InChI=1S/C17H27ClN2O3/c1-12(21)10-17(2,3)11-20-16(22)7-8-19-14-9-13(18)5-6-15(14)23-4/h5-6,9,12,19,21H,7-8,10-11H2,1-4H3,(H,20,22). The van der Waals surface area contributed by atoms with E-state index in [2.05, 4.69) is 10.6 Å². The largest absolute Gasteiger partial charge is 0.495 e. The number of nitrogens with one attached hydrogen (secondary N) is 2. The second kappa shape index (κ2) is 8.99. The van der Waals surface area contributed by atoms with Crippen LogP contribution in [-0.2, 0) is 4.79 Å². The van der Waals surface area contributed by atoms with E-state index in [1.54, 1.807) is 32.2 Å². The first-order valence-corrected chi connectivity index (χ1v) is 8.13. The fraction of sp³-hybridized carbons (Fsp3) is 0.588. The average Bonchev–Trinajstić information content (AvgIpc) is 2.44. The first kappa shape index (κ1) is 19.6. The van der Waals surface area contributed by atoms with Crippen LogP contribution in [0.3, 0.4) is 0 Å². The number of rotatable bonds is 9. The Labute approximate surface area is 143 Å². The van der Waals surface area contributed by atoms with Gasteiger partial charge in [0.25, 0.3) is 0 Å². The lowest BCUT2D eigenvalue weighted by atomic mass is 9.87. The monoisotopic (exact) mass is 342 g/mol. The number of benzene rings is 1. The number of aliphatic hydroxyl groups excluding tert-OH is 1. The quantitative estimate of drug-likeness (QED) is 0.645. The molecule has 0 saturated carbocycles. The molecule has 1 amide bonds. The summed E-state index contributed by atoms with van der Waals surface area (Å²) < 4.78 is 5.24. The topological polar surface area (TPSA) is 70.6 Å². The van der Waals surface area contributed by atoms with Crippen molar-refractivity contribution in [2.45, 2.75) is 39.7 Å². The predicted octanol–water partition coefficient (Wildman–Crippen LogP) is 3.06. The van der Waals surface area contributed by atoms with Crippen LogP contribution in [0.4, 0.5) is 5.69 Å². The lowest BCUT2D eigenvalue weighted by molar-refractivity contribution is -0.121. The summed E-state index contributed by atoms with van der Waals surface area (Å²) in [5.41, 5.74) is 0.634. The van der Waals surface area contributed by atoms with E-state index in [1.165, 1.54) is 0 Å². The number of carbonyl (C=O) groups excluding carboxylic acids is 1.